The van der Waals surface area contributed by atoms with Gasteiger partial charge in [0.15, 0.2) is 0 Å². The van der Waals surface area contributed by atoms with Gasteiger partial charge < -0.3 is 15.2 Å². The third-order valence-electron chi connectivity index (χ3n) is 2.83. The molecule has 0 saturated heterocycles. The van der Waals surface area contributed by atoms with Gasteiger partial charge in [0.2, 0.25) is 0 Å². The van der Waals surface area contributed by atoms with Gasteiger partial charge in [0, 0.05) is 32.4 Å². The van der Waals surface area contributed by atoms with Crippen LogP contribution in [0.15, 0.2) is 12.5 Å². The van der Waals surface area contributed by atoms with E-state index in [1.165, 1.54) is 6.42 Å². The van der Waals surface area contributed by atoms with Crippen LogP contribution >= 0.6 is 0 Å². The lowest BCUT2D eigenvalue weighted by Crippen LogP contribution is -2.23. The summed E-state index contributed by atoms with van der Waals surface area (Å²) in [6.45, 7) is 8.07. The lowest BCUT2D eigenvalue weighted by Gasteiger charge is -2.19. The lowest BCUT2D eigenvalue weighted by molar-refractivity contribution is 0.272. The van der Waals surface area contributed by atoms with Gasteiger partial charge in [-0.05, 0) is 13.0 Å². The standard InChI is InChI=1S/C12H24N4/c1-4-11(2)7-15(3)8-12-9-16(6-5-13)10-14-12/h9-11H,4-8,13H2,1-3H3. The molecule has 1 heterocycles. The molecular formula is C12H24N4. The Bertz CT molecular complexity index is 295. The number of imidazole rings is 1. The molecular weight excluding hydrogens is 200 g/mol. The van der Waals surface area contributed by atoms with Gasteiger partial charge in [-0.1, -0.05) is 20.3 Å². The molecule has 0 aliphatic heterocycles. The van der Waals surface area contributed by atoms with Gasteiger partial charge in [-0.2, -0.15) is 0 Å². The highest BCUT2D eigenvalue weighted by molar-refractivity contribution is 4.96. The third-order valence-corrected chi connectivity index (χ3v) is 2.83. The summed E-state index contributed by atoms with van der Waals surface area (Å²) >= 11 is 0. The Morgan fingerprint density at radius 3 is 2.94 bits per heavy atom. The molecule has 0 spiro atoms. The molecule has 4 nitrogen and oxygen atoms in total. The summed E-state index contributed by atoms with van der Waals surface area (Å²) in [5.41, 5.74) is 6.62. The summed E-state index contributed by atoms with van der Waals surface area (Å²) in [5.74, 6) is 0.746. The Balaban J connectivity index is 2.40. The Kier molecular flexibility index (Phi) is 5.49. The minimum absolute atomic E-state index is 0.665. The molecule has 92 valence electrons. The van der Waals surface area contributed by atoms with E-state index in [-0.39, 0.29) is 0 Å². The van der Waals surface area contributed by atoms with Crippen LogP contribution in [-0.4, -0.2) is 34.6 Å². The first-order valence-corrected chi connectivity index (χ1v) is 6.05. The monoisotopic (exact) mass is 224 g/mol. The normalized spacial score (nSPS) is 13.3. The average molecular weight is 224 g/mol. The van der Waals surface area contributed by atoms with E-state index in [9.17, 15) is 0 Å². The molecule has 0 aliphatic rings. The van der Waals surface area contributed by atoms with Crippen molar-refractivity contribution >= 4 is 0 Å². The third kappa shape index (κ3) is 4.33. The minimum atomic E-state index is 0.665. The van der Waals surface area contributed by atoms with Crippen LogP contribution < -0.4 is 5.73 Å². The maximum absolute atomic E-state index is 5.50. The van der Waals surface area contributed by atoms with E-state index in [4.69, 9.17) is 5.73 Å². The Morgan fingerprint density at radius 2 is 2.31 bits per heavy atom. The molecule has 1 rings (SSSR count). The van der Waals surface area contributed by atoms with Crippen LogP contribution in [0.25, 0.3) is 0 Å². The average Bonchev–Trinajstić information content (AvgIpc) is 2.65. The minimum Gasteiger partial charge on any atom is -0.336 e. The summed E-state index contributed by atoms with van der Waals surface area (Å²) in [7, 11) is 2.15. The first-order chi connectivity index (χ1) is 7.65. The number of hydrogen-bond donors (Lipinski definition) is 1. The van der Waals surface area contributed by atoms with Gasteiger partial charge in [0.1, 0.15) is 0 Å². The van der Waals surface area contributed by atoms with Crippen molar-refractivity contribution in [2.45, 2.75) is 33.4 Å². The molecule has 1 aromatic heterocycles. The number of rotatable bonds is 7. The van der Waals surface area contributed by atoms with Gasteiger partial charge in [-0.15, -0.1) is 0 Å². The molecule has 0 fully saturated rings. The number of hydrogen-bond acceptors (Lipinski definition) is 3. The van der Waals surface area contributed by atoms with Crippen molar-refractivity contribution in [3.8, 4) is 0 Å². The summed E-state index contributed by atoms with van der Waals surface area (Å²) < 4.78 is 2.05. The summed E-state index contributed by atoms with van der Waals surface area (Å²) in [5, 5.41) is 0. The van der Waals surface area contributed by atoms with Crippen molar-refractivity contribution in [2.24, 2.45) is 11.7 Å². The second-order valence-corrected chi connectivity index (χ2v) is 4.60. The van der Waals surface area contributed by atoms with Crippen LogP contribution in [0, 0.1) is 5.92 Å². The predicted octanol–water partition coefficient (Wildman–Crippen LogP) is 1.32. The Morgan fingerprint density at radius 1 is 1.56 bits per heavy atom. The fourth-order valence-corrected chi connectivity index (χ4v) is 1.76. The maximum atomic E-state index is 5.50. The van der Waals surface area contributed by atoms with E-state index in [0.717, 1.165) is 31.2 Å². The molecule has 0 radical (unpaired) electrons. The van der Waals surface area contributed by atoms with Crippen molar-refractivity contribution in [3.63, 3.8) is 0 Å². The van der Waals surface area contributed by atoms with Crippen molar-refractivity contribution in [1.82, 2.24) is 14.5 Å². The van der Waals surface area contributed by atoms with Gasteiger partial charge >= 0.3 is 0 Å². The molecule has 0 amide bonds. The second kappa shape index (κ2) is 6.66. The van der Waals surface area contributed by atoms with Crippen LogP contribution in [0.4, 0.5) is 0 Å². The second-order valence-electron chi connectivity index (χ2n) is 4.60. The van der Waals surface area contributed by atoms with E-state index >= 15 is 0 Å². The van der Waals surface area contributed by atoms with E-state index in [2.05, 4.69) is 37.0 Å². The molecule has 0 aromatic carbocycles. The van der Waals surface area contributed by atoms with Crippen LogP contribution in [-0.2, 0) is 13.1 Å². The molecule has 1 unspecified atom stereocenters. The molecule has 16 heavy (non-hydrogen) atoms. The highest BCUT2D eigenvalue weighted by Gasteiger charge is 2.06. The molecule has 2 N–H and O–H groups in total. The van der Waals surface area contributed by atoms with Crippen LogP contribution in [0.5, 0.6) is 0 Å². The van der Waals surface area contributed by atoms with Crippen LogP contribution in [0.1, 0.15) is 26.0 Å². The van der Waals surface area contributed by atoms with Crippen molar-refractivity contribution < 1.29 is 0 Å². The molecule has 0 saturated carbocycles. The zero-order chi connectivity index (χ0) is 12.0. The number of nitrogens with two attached hydrogens (primary N) is 1. The fourth-order valence-electron chi connectivity index (χ4n) is 1.76. The zero-order valence-electron chi connectivity index (χ0n) is 10.7. The molecule has 1 atom stereocenters. The Labute approximate surface area is 98.5 Å². The van der Waals surface area contributed by atoms with Crippen LogP contribution in [0.3, 0.4) is 0 Å². The smallest absolute Gasteiger partial charge is 0.0950 e. The number of aromatic nitrogens is 2. The summed E-state index contributed by atoms with van der Waals surface area (Å²) in [6.07, 6.45) is 5.17. The quantitative estimate of drug-likeness (QED) is 0.760. The fraction of sp³-hybridized carbons (Fsp3) is 0.750. The van der Waals surface area contributed by atoms with Crippen molar-refractivity contribution in [3.05, 3.63) is 18.2 Å². The summed E-state index contributed by atoms with van der Waals surface area (Å²) in [4.78, 5) is 6.70. The predicted molar refractivity (Wildman–Crippen MR) is 67.1 cm³/mol. The van der Waals surface area contributed by atoms with E-state index in [1.54, 1.807) is 0 Å². The first kappa shape index (κ1) is 13.2. The summed E-state index contributed by atoms with van der Waals surface area (Å²) in [6, 6.07) is 0. The van der Waals surface area contributed by atoms with Gasteiger partial charge in [-0.3, -0.25) is 0 Å². The van der Waals surface area contributed by atoms with Crippen LogP contribution in [0.2, 0.25) is 0 Å². The van der Waals surface area contributed by atoms with E-state index in [1.807, 2.05) is 10.9 Å². The van der Waals surface area contributed by atoms with E-state index < -0.39 is 0 Å². The Hall–Kier alpha value is -0.870. The zero-order valence-corrected chi connectivity index (χ0v) is 10.7. The highest BCUT2D eigenvalue weighted by Crippen LogP contribution is 2.06. The molecule has 1 aromatic rings. The van der Waals surface area contributed by atoms with Gasteiger partial charge in [-0.25, -0.2) is 4.98 Å². The van der Waals surface area contributed by atoms with Gasteiger partial charge in [0.25, 0.3) is 0 Å². The maximum Gasteiger partial charge on any atom is 0.0950 e. The van der Waals surface area contributed by atoms with E-state index in [0.29, 0.717) is 6.54 Å². The topological polar surface area (TPSA) is 47.1 Å². The first-order valence-electron chi connectivity index (χ1n) is 6.05. The van der Waals surface area contributed by atoms with Crippen molar-refractivity contribution in [2.75, 3.05) is 20.1 Å². The van der Waals surface area contributed by atoms with Crippen molar-refractivity contribution in [1.29, 1.82) is 0 Å². The largest absolute Gasteiger partial charge is 0.336 e. The van der Waals surface area contributed by atoms with Gasteiger partial charge in [0.05, 0.1) is 12.0 Å². The SMILES string of the molecule is CCC(C)CN(C)Cc1cn(CCN)cn1. The lowest BCUT2D eigenvalue weighted by atomic mass is 10.1. The molecule has 0 bridgehead atoms. The molecule has 4 heteroatoms. The highest BCUT2D eigenvalue weighted by atomic mass is 15.1. The molecule has 0 aliphatic carbocycles. The number of nitrogens with zero attached hydrogens (tertiary/aromatic N) is 3.